The largest absolute Gasteiger partial charge is 0.388 e. The number of nitrogens with zero attached hydrogens (tertiary/aromatic N) is 2. The molecule has 1 unspecified atom stereocenters. The molecule has 3 nitrogen and oxygen atoms in total. The molecule has 1 aliphatic heterocycles. The van der Waals surface area contributed by atoms with Crippen molar-refractivity contribution in [1.82, 2.24) is 9.88 Å². The summed E-state index contributed by atoms with van der Waals surface area (Å²) < 4.78 is 13.0. The molecule has 1 aliphatic carbocycles. The number of aromatic nitrogens is 1. The third kappa shape index (κ3) is 3.39. The van der Waals surface area contributed by atoms with Gasteiger partial charge in [0.2, 0.25) is 0 Å². The van der Waals surface area contributed by atoms with Gasteiger partial charge in [-0.1, -0.05) is 12.1 Å². The zero-order valence-corrected chi connectivity index (χ0v) is 14.6. The molecule has 4 rings (SSSR count). The summed E-state index contributed by atoms with van der Waals surface area (Å²) in [5.74, 6) is 0.00382. The second-order valence-electron chi connectivity index (χ2n) is 6.94. The number of likely N-dealkylation sites (tertiary alicyclic amines) is 1. The van der Waals surface area contributed by atoms with Crippen molar-refractivity contribution in [3.05, 3.63) is 51.2 Å². The first-order valence-corrected chi connectivity index (χ1v) is 9.64. The molecule has 2 aromatic rings. The molecule has 2 aliphatic rings. The monoisotopic (exact) mass is 346 g/mol. The molecule has 0 spiro atoms. The second kappa shape index (κ2) is 6.90. The number of aliphatic hydroxyl groups is 1. The molecule has 0 amide bonds. The van der Waals surface area contributed by atoms with E-state index in [0.717, 1.165) is 44.5 Å². The summed E-state index contributed by atoms with van der Waals surface area (Å²) >= 11 is 1.88. The number of hydrogen-bond donors (Lipinski definition) is 1. The predicted octanol–water partition coefficient (Wildman–Crippen LogP) is 3.72. The Balaban J connectivity index is 1.32. The van der Waals surface area contributed by atoms with E-state index < -0.39 is 6.10 Å². The molecule has 2 heterocycles. The Morgan fingerprint density at radius 2 is 1.96 bits per heavy atom. The molecule has 1 fully saturated rings. The molecule has 1 aromatic carbocycles. The van der Waals surface area contributed by atoms with Gasteiger partial charge in [-0.2, -0.15) is 0 Å². The summed E-state index contributed by atoms with van der Waals surface area (Å²) in [5, 5.41) is 11.8. The second-order valence-corrected chi connectivity index (χ2v) is 8.11. The lowest BCUT2D eigenvalue weighted by atomic mass is 9.87. The summed E-state index contributed by atoms with van der Waals surface area (Å²) in [6, 6.07) is 6.25. The van der Waals surface area contributed by atoms with Crippen LogP contribution >= 0.6 is 11.3 Å². The zero-order valence-electron chi connectivity index (χ0n) is 13.7. The fourth-order valence-corrected chi connectivity index (χ4v) is 5.06. The smallest absolute Gasteiger partial charge is 0.123 e. The van der Waals surface area contributed by atoms with Crippen molar-refractivity contribution in [3.8, 4) is 0 Å². The van der Waals surface area contributed by atoms with Crippen LogP contribution in [0, 0.1) is 11.7 Å². The molecule has 0 bridgehead atoms. The van der Waals surface area contributed by atoms with E-state index in [9.17, 15) is 9.50 Å². The van der Waals surface area contributed by atoms with Crippen molar-refractivity contribution >= 4 is 11.3 Å². The van der Waals surface area contributed by atoms with Gasteiger partial charge in [0.1, 0.15) is 10.8 Å². The van der Waals surface area contributed by atoms with Crippen LogP contribution in [0.15, 0.2) is 24.3 Å². The van der Waals surface area contributed by atoms with Gasteiger partial charge in [0.25, 0.3) is 0 Å². The van der Waals surface area contributed by atoms with Crippen LogP contribution in [0.1, 0.15) is 46.5 Å². The minimum atomic E-state index is -0.489. The molecule has 0 radical (unpaired) electrons. The molecule has 24 heavy (non-hydrogen) atoms. The van der Waals surface area contributed by atoms with Crippen LogP contribution in [-0.4, -0.2) is 28.1 Å². The molecule has 128 valence electrons. The lowest BCUT2D eigenvalue weighted by Crippen LogP contribution is -2.35. The SMILES string of the molecule is OC(c1ccc(F)cc1)C1CCN(Cc2nc3c(s2)CCC3)CC1. The predicted molar refractivity (Wildman–Crippen MR) is 93.5 cm³/mol. The Morgan fingerprint density at radius 1 is 1.21 bits per heavy atom. The zero-order chi connectivity index (χ0) is 16.5. The lowest BCUT2D eigenvalue weighted by Gasteiger charge is -2.33. The molecule has 1 aromatic heterocycles. The lowest BCUT2D eigenvalue weighted by molar-refractivity contribution is 0.0567. The summed E-state index contributed by atoms with van der Waals surface area (Å²) in [6.07, 6.45) is 5.09. The topological polar surface area (TPSA) is 36.4 Å². The maximum atomic E-state index is 13.0. The highest BCUT2D eigenvalue weighted by Gasteiger charge is 2.27. The van der Waals surface area contributed by atoms with E-state index in [4.69, 9.17) is 4.98 Å². The fraction of sp³-hybridized carbons (Fsp3) is 0.526. The van der Waals surface area contributed by atoms with Crippen LogP contribution in [0.3, 0.4) is 0 Å². The Hall–Kier alpha value is -1.30. The van der Waals surface area contributed by atoms with Crippen molar-refractivity contribution < 1.29 is 9.50 Å². The van der Waals surface area contributed by atoms with Crippen LogP contribution < -0.4 is 0 Å². The van der Waals surface area contributed by atoms with Gasteiger partial charge in [-0.15, -0.1) is 11.3 Å². The molecule has 1 atom stereocenters. The fourth-order valence-electron chi connectivity index (χ4n) is 3.86. The van der Waals surface area contributed by atoms with Crippen LogP contribution in [0.2, 0.25) is 0 Å². The molecule has 1 N–H and O–H groups in total. The molecular weight excluding hydrogens is 323 g/mol. The van der Waals surface area contributed by atoms with E-state index >= 15 is 0 Å². The third-order valence-electron chi connectivity index (χ3n) is 5.29. The minimum Gasteiger partial charge on any atom is -0.388 e. The minimum absolute atomic E-state index is 0.254. The van der Waals surface area contributed by atoms with Crippen molar-refractivity contribution in [2.24, 2.45) is 5.92 Å². The summed E-state index contributed by atoms with van der Waals surface area (Å²) in [6.45, 7) is 2.93. The number of rotatable bonds is 4. The number of benzene rings is 1. The molecular formula is C19H23FN2OS. The Kier molecular flexibility index (Phi) is 4.66. The van der Waals surface area contributed by atoms with Crippen molar-refractivity contribution in [1.29, 1.82) is 0 Å². The summed E-state index contributed by atoms with van der Waals surface area (Å²) in [7, 11) is 0. The van der Waals surface area contributed by atoms with Crippen LogP contribution in [0.5, 0.6) is 0 Å². The first-order valence-electron chi connectivity index (χ1n) is 8.82. The van der Waals surface area contributed by atoms with Crippen molar-refractivity contribution in [2.45, 2.75) is 44.8 Å². The van der Waals surface area contributed by atoms with Crippen LogP contribution in [-0.2, 0) is 19.4 Å². The first-order chi connectivity index (χ1) is 11.7. The Bertz CT molecular complexity index is 670. The van der Waals surface area contributed by atoms with E-state index in [2.05, 4.69) is 4.90 Å². The first kappa shape index (κ1) is 16.2. The van der Waals surface area contributed by atoms with E-state index in [0.29, 0.717) is 0 Å². The molecule has 5 heteroatoms. The average molecular weight is 346 g/mol. The quantitative estimate of drug-likeness (QED) is 0.917. The van der Waals surface area contributed by atoms with E-state index in [1.807, 2.05) is 11.3 Å². The maximum Gasteiger partial charge on any atom is 0.123 e. The van der Waals surface area contributed by atoms with Gasteiger partial charge in [0, 0.05) is 4.88 Å². The maximum absolute atomic E-state index is 13.0. The number of halogens is 1. The van der Waals surface area contributed by atoms with E-state index in [1.54, 1.807) is 12.1 Å². The highest BCUT2D eigenvalue weighted by Crippen LogP contribution is 2.32. The van der Waals surface area contributed by atoms with Crippen molar-refractivity contribution in [2.75, 3.05) is 13.1 Å². The standard InChI is InChI=1S/C19H23FN2OS/c20-15-6-4-13(5-7-15)19(23)14-8-10-22(11-9-14)12-18-21-16-2-1-3-17(16)24-18/h4-7,14,19,23H,1-3,8-12H2. The third-order valence-corrected chi connectivity index (χ3v) is 6.43. The highest BCUT2D eigenvalue weighted by molar-refractivity contribution is 7.11. The van der Waals surface area contributed by atoms with Gasteiger partial charge in [-0.25, -0.2) is 9.37 Å². The van der Waals surface area contributed by atoms with Gasteiger partial charge < -0.3 is 5.11 Å². The van der Waals surface area contributed by atoms with Crippen molar-refractivity contribution in [3.63, 3.8) is 0 Å². The highest BCUT2D eigenvalue weighted by atomic mass is 32.1. The normalized spacial score (nSPS) is 20.2. The summed E-state index contributed by atoms with van der Waals surface area (Å²) in [5.41, 5.74) is 2.16. The Morgan fingerprint density at radius 3 is 2.67 bits per heavy atom. The van der Waals surface area contributed by atoms with E-state index in [-0.39, 0.29) is 11.7 Å². The van der Waals surface area contributed by atoms with Gasteiger partial charge in [-0.05, 0) is 68.8 Å². The summed E-state index contributed by atoms with van der Waals surface area (Å²) in [4.78, 5) is 8.73. The number of aryl methyl sites for hydroxylation is 2. The van der Waals surface area contributed by atoms with Gasteiger partial charge in [0.15, 0.2) is 0 Å². The number of thiazole rings is 1. The van der Waals surface area contributed by atoms with Crippen LogP contribution in [0.25, 0.3) is 0 Å². The number of aliphatic hydroxyl groups excluding tert-OH is 1. The number of hydrogen-bond acceptors (Lipinski definition) is 4. The average Bonchev–Trinajstić information content (AvgIpc) is 3.17. The van der Waals surface area contributed by atoms with Gasteiger partial charge in [-0.3, -0.25) is 4.90 Å². The number of piperidine rings is 1. The molecule has 1 saturated heterocycles. The van der Waals surface area contributed by atoms with Crippen LogP contribution in [0.4, 0.5) is 4.39 Å². The Labute approximate surface area is 146 Å². The molecule has 0 saturated carbocycles. The van der Waals surface area contributed by atoms with Gasteiger partial charge >= 0.3 is 0 Å². The number of fused-ring (bicyclic) bond motifs is 1. The van der Waals surface area contributed by atoms with E-state index in [1.165, 1.54) is 40.6 Å². The van der Waals surface area contributed by atoms with Gasteiger partial charge in [0.05, 0.1) is 18.3 Å².